The molecule has 94 valence electrons. The van der Waals surface area contributed by atoms with Crippen molar-refractivity contribution in [1.29, 1.82) is 0 Å². The van der Waals surface area contributed by atoms with Crippen molar-refractivity contribution in [1.82, 2.24) is 5.32 Å². The lowest BCUT2D eigenvalue weighted by Gasteiger charge is -2.25. The van der Waals surface area contributed by atoms with Crippen molar-refractivity contribution in [3.63, 3.8) is 0 Å². The zero-order chi connectivity index (χ0) is 12.8. The van der Waals surface area contributed by atoms with Crippen LogP contribution in [0.5, 0.6) is 0 Å². The van der Waals surface area contributed by atoms with Crippen LogP contribution >= 0.6 is 8.46 Å². The fourth-order valence-electron chi connectivity index (χ4n) is 1.02. The Balaban J connectivity index is 4.84. The summed E-state index contributed by atoms with van der Waals surface area (Å²) in [7, 11) is 2.68. The Morgan fingerprint density at radius 1 is 1.38 bits per heavy atom. The highest BCUT2D eigenvalue weighted by Gasteiger charge is 2.45. The van der Waals surface area contributed by atoms with Gasteiger partial charge in [-0.15, -0.1) is 0 Å². The van der Waals surface area contributed by atoms with Gasteiger partial charge in [-0.05, 0) is 6.92 Å². The zero-order valence-electron chi connectivity index (χ0n) is 9.64. The molecule has 0 amide bonds. The molecule has 7 nitrogen and oxygen atoms in total. The SMILES string of the molecule is COC(=O)C(NC(OC)(OC)[PH+]=O)C(C)O. The normalized spacial score (nSPS) is 15.8. The smallest absolute Gasteiger partial charge is 0.437 e. The fraction of sp³-hybridized carbons (Fsp3) is 0.875. The van der Waals surface area contributed by atoms with Crippen LogP contribution in [0.2, 0.25) is 0 Å². The van der Waals surface area contributed by atoms with E-state index in [1.165, 1.54) is 28.3 Å². The van der Waals surface area contributed by atoms with Gasteiger partial charge in [0.15, 0.2) is 0 Å². The molecule has 2 N–H and O–H groups in total. The molecule has 3 unspecified atom stereocenters. The van der Waals surface area contributed by atoms with Crippen LogP contribution in [0, 0.1) is 0 Å². The lowest BCUT2D eigenvalue weighted by atomic mass is 10.2. The van der Waals surface area contributed by atoms with Crippen molar-refractivity contribution in [3.05, 3.63) is 0 Å². The number of carbonyl (C=O) groups excluding carboxylic acids is 1. The molecular weight excluding hydrogens is 237 g/mol. The Labute approximate surface area is 95.3 Å². The fourth-order valence-corrected chi connectivity index (χ4v) is 1.40. The number of aliphatic hydroxyl groups excluding tert-OH is 1. The minimum absolute atomic E-state index is 0.702. The first-order chi connectivity index (χ1) is 7.46. The summed E-state index contributed by atoms with van der Waals surface area (Å²) < 4.78 is 25.2. The second kappa shape index (κ2) is 6.88. The van der Waals surface area contributed by atoms with Gasteiger partial charge >= 0.3 is 20.1 Å². The summed E-state index contributed by atoms with van der Waals surface area (Å²) in [6.07, 6.45) is -1.05. The summed E-state index contributed by atoms with van der Waals surface area (Å²) in [5.74, 6) is -0.702. The van der Waals surface area contributed by atoms with Gasteiger partial charge in [0.2, 0.25) is 0 Å². The maximum atomic E-state index is 11.3. The lowest BCUT2D eigenvalue weighted by molar-refractivity contribution is -0.179. The van der Waals surface area contributed by atoms with Gasteiger partial charge in [-0.2, -0.15) is 0 Å². The summed E-state index contributed by atoms with van der Waals surface area (Å²) in [6, 6.07) is -1.09. The van der Waals surface area contributed by atoms with Crippen LogP contribution in [0.4, 0.5) is 0 Å². The molecule has 0 aliphatic rings. The summed E-state index contributed by atoms with van der Waals surface area (Å²) in [6.45, 7) is 1.39. The minimum Gasteiger partial charge on any atom is -0.468 e. The van der Waals surface area contributed by atoms with E-state index in [0.29, 0.717) is 0 Å². The summed E-state index contributed by atoms with van der Waals surface area (Å²) in [4.78, 5) is 11.3. The number of nitrogens with one attached hydrogen (secondary N) is 1. The van der Waals surface area contributed by atoms with Crippen LogP contribution in [0.3, 0.4) is 0 Å². The highest BCUT2D eigenvalue weighted by Crippen LogP contribution is 2.22. The van der Waals surface area contributed by atoms with E-state index < -0.39 is 32.2 Å². The quantitative estimate of drug-likeness (QED) is 0.357. The number of methoxy groups -OCH3 is 3. The standard InChI is InChI=1S/C8H16NO6P/c1-5(10)6(7(11)13-2)9-8(14-3,15-4)16-12/h5-6,9-10H,1-4H3/p+1. The Morgan fingerprint density at radius 3 is 2.12 bits per heavy atom. The number of aliphatic hydroxyl groups is 1. The van der Waals surface area contributed by atoms with E-state index in [4.69, 9.17) is 9.47 Å². The number of esters is 1. The Bertz CT molecular complexity index is 243. The Morgan fingerprint density at radius 2 is 1.88 bits per heavy atom. The van der Waals surface area contributed by atoms with E-state index in [9.17, 15) is 14.5 Å². The second-order valence-corrected chi connectivity index (χ2v) is 3.88. The largest absolute Gasteiger partial charge is 0.468 e. The Kier molecular flexibility index (Phi) is 6.62. The third kappa shape index (κ3) is 3.77. The summed E-state index contributed by atoms with van der Waals surface area (Å²) >= 11 is 0. The molecule has 0 aromatic rings. The molecular formula is C8H17NO6P+. The number of ether oxygens (including phenoxy) is 3. The van der Waals surface area contributed by atoms with Crippen molar-refractivity contribution < 1.29 is 28.7 Å². The lowest BCUT2D eigenvalue weighted by Crippen LogP contribution is -2.56. The van der Waals surface area contributed by atoms with E-state index >= 15 is 0 Å². The van der Waals surface area contributed by atoms with Crippen LogP contribution < -0.4 is 5.32 Å². The van der Waals surface area contributed by atoms with Gasteiger partial charge in [0.1, 0.15) is 6.04 Å². The first-order valence-electron chi connectivity index (χ1n) is 4.49. The molecule has 0 bridgehead atoms. The Hall–Kier alpha value is -0.590. The predicted octanol–water partition coefficient (Wildman–Crippen LogP) is -0.574. The van der Waals surface area contributed by atoms with Gasteiger partial charge in [-0.3, -0.25) is 4.79 Å². The van der Waals surface area contributed by atoms with Gasteiger partial charge in [-0.25, -0.2) is 5.32 Å². The zero-order valence-corrected chi connectivity index (χ0v) is 10.6. The van der Waals surface area contributed by atoms with E-state index in [2.05, 4.69) is 10.1 Å². The minimum atomic E-state index is -1.63. The molecule has 0 aromatic carbocycles. The maximum Gasteiger partial charge on any atom is 0.437 e. The van der Waals surface area contributed by atoms with E-state index in [-0.39, 0.29) is 0 Å². The van der Waals surface area contributed by atoms with Crippen LogP contribution in [0.1, 0.15) is 6.92 Å². The highest BCUT2D eigenvalue weighted by atomic mass is 31.1. The molecule has 0 aliphatic heterocycles. The second-order valence-electron chi connectivity index (χ2n) is 3.01. The van der Waals surface area contributed by atoms with Gasteiger partial charge in [0, 0.05) is 14.2 Å². The molecule has 3 atom stereocenters. The third-order valence-electron chi connectivity index (χ3n) is 1.99. The number of rotatable bonds is 7. The molecule has 8 heteroatoms. The van der Waals surface area contributed by atoms with E-state index in [0.717, 1.165) is 0 Å². The van der Waals surface area contributed by atoms with Crippen molar-refractivity contribution in [2.45, 2.75) is 24.7 Å². The first kappa shape index (κ1) is 15.4. The van der Waals surface area contributed by atoms with Crippen LogP contribution in [0.15, 0.2) is 0 Å². The van der Waals surface area contributed by atoms with Crippen molar-refractivity contribution in [2.75, 3.05) is 21.3 Å². The maximum absolute atomic E-state index is 11.3. The topological polar surface area (TPSA) is 94.1 Å². The molecule has 0 aromatic heterocycles. The molecule has 0 radical (unpaired) electrons. The van der Waals surface area contributed by atoms with E-state index in [1.54, 1.807) is 0 Å². The molecule has 0 saturated carbocycles. The van der Waals surface area contributed by atoms with Crippen molar-refractivity contribution in [2.24, 2.45) is 0 Å². The predicted molar refractivity (Wildman–Crippen MR) is 56.4 cm³/mol. The van der Waals surface area contributed by atoms with Crippen LogP contribution in [-0.2, 0) is 23.6 Å². The number of hydrogen-bond acceptors (Lipinski definition) is 7. The van der Waals surface area contributed by atoms with Crippen LogP contribution in [0.25, 0.3) is 0 Å². The number of hydrogen-bond donors (Lipinski definition) is 2. The molecule has 0 heterocycles. The summed E-state index contributed by atoms with van der Waals surface area (Å²) in [5, 5.41) is 11.9. The molecule has 0 spiro atoms. The molecule has 0 aliphatic carbocycles. The van der Waals surface area contributed by atoms with Gasteiger partial charge < -0.3 is 19.3 Å². The molecule has 0 saturated heterocycles. The number of carbonyl (C=O) groups is 1. The van der Waals surface area contributed by atoms with E-state index in [1.807, 2.05) is 0 Å². The average Bonchev–Trinajstić information content (AvgIpc) is 2.30. The van der Waals surface area contributed by atoms with Gasteiger partial charge in [-0.1, -0.05) is 4.57 Å². The molecule has 16 heavy (non-hydrogen) atoms. The monoisotopic (exact) mass is 254 g/mol. The third-order valence-corrected chi connectivity index (χ3v) is 2.81. The van der Waals surface area contributed by atoms with Gasteiger partial charge in [0.25, 0.3) is 0 Å². The highest BCUT2D eigenvalue weighted by molar-refractivity contribution is 7.25. The first-order valence-corrected chi connectivity index (χ1v) is 5.40. The summed E-state index contributed by atoms with van der Waals surface area (Å²) in [5.41, 5.74) is -1.63. The van der Waals surface area contributed by atoms with Crippen molar-refractivity contribution >= 4 is 14.4 Å². The average molecular weight is 254 g/mol. The van der Waals surface area contributed by atoms with Crippen LogP contribution in [-0.4, -0.2) is 50.2 Å². The molecule has 0 fully saturated rings. The van der Waals surface area contributed by atoms with Crippen molar-refractivity contribution in [3.8, 4) is 0 Å². The molecule has 0 rings (SSSR count). The van der Waals surface area contributed by atoms with Gasteiger partial charge in [0.05, 0.1) is 13.2 Å².